The number of Topliss-reactive ketones (excluding diaryl/α,β-unsaturated/α-hetero) is 1. The number of carbonyl (C=O) groups excluding carboxylic acids is 2. The number of carbonyl (C=O) groups is 2. The van der Waals surface area contributed by atoms with Gasteiger partial charge in [-0.15, -0.1) is 0 Å². The molecule has 1 fully saturated rings. The molecule has 4 aromatic rings. The number of nitrogens with two attached hydrogens (primary N) is 1. The lowest BCUT2D eigenvalue weighted by Gasteiger charge is -2.26. The summed E-state index contributed by atoms with van der Waals surface area (Å²) >= 11 is 0. The first-order valence-electron chi connectivity index (χ1n) is 14.2. The number of hydrogen-bond donors (Lipinski definition) is 2. The monoisotopic (exact) mass is 585 g/mol. The van der Waals surface area contributed by atoms with Crippen molar-refractivity contribution in [3.63, 3.8) is 0 Å². The molecule has 1 saturated carbocycles. The van der Waals surface area contributed by atoms with Crippen LogP contribution in [0, 0.1) is 12.7 Å². The van der Waals surface area contributed by atoms with Crippen molar-refractivity contribution in [1.29, 1.82) is 0 Å². The predicted octanol–water partition coefficient (Wildman–Crippen LogP) is 5.40. The fourth-order valence-electron chi connectivity index (χ4n) is 5.23. The smallest absolute Gasteiger partial charge is 0.231 e. The summed E-state index contributed by atoms with van der Waals surface area (Å²) in [6.45, 7) is 5.09. The highest BCUT2D eigenvalue weighted by Gasteiger charge is 2.45. The fourth-order valence-corrected chi connectivity index (χ4v) is 5.23. The van der Waals surface area contributed by atoms with Crippen molar-refractivity contribution in [2.45, 2.75) is 63.6 Å². The van der Waals surface area contributed by atoms with Crippen LogP contribution in [0.5, 0.6) is 11.5 Å². The van der Waals surface area contributed by atoms with Crippen LogP contribution in [0.2, 0.25) is 0 Å². The van der Waals surface area contributed by atoms with E-state index in [1.807, 2.05) is 13.0 Å². The first-order chi connectivity index (χ1) is 20.5. The van der Waals surface area contributed by atoms with Gasteiger partial charge in [-0.1, -0.05) is 11.2 Å². The summed E-state index contributed by atoms with van der Waals surface area (Å²) in [5, 5.41) is 15.6. The van der Waals surface area contributed by atoms with Gasteiger partial charge in [0.15, 0.2) is 5.78 Å². The third kappa shape index (κ3) is 5.38. The van der Waals surface area contributed by atoms with E-state index in [1.54, 1.807) is 50.4 Å². The van der Waals surface area contributed by atoms with Gasteiger partial charge in [0.1, 0.15) is 46.9 Å². The van der Waals surface area contributed by atoms with E-state index in [9.17, 15) is 19.1 Å². The molecule has 2 aromatic carbocycles. The molecule has 1 aliphatic heterocycles. The molecular formula is C33H32FN3O6. The number of ether oxygens (including phenoxy) is 2. The van der Waals surface area contributed by atoms with E-state index in [0.29, 0.717) is 33.9 Å². The van der Waals surface area contributed by atoms with Crippen LogP contribution >= 0.6 is 0 Å². The summed E-state index contributed by atoms with van der Waals surface area (Å²) in [7, 11) is 0. The number of benzene rings is 2. The van der Waals surface area contributed by atoms with E-state index in [-0.39, 0.29) is 37.0 Å². The number of primary amides is 1. The van der Waals surface area contributed by atoms with Crippen molar-refractivity contribution in [1.82, 2.24) is 10.1 Å². The number of fused-ring (bicyclic) bond motifs is 1. The number of aliphatic hydroxyl groups is 1. The van der Waals surface area contributed by atoms with E-state index >= 15 is 0 Å². The molecule has 0 spiro atoms. The zero-order valence-corrected chi connectivity index (χ0v) is 24.1. The van der Waals surface area contributed by atoms with Crippen molar-refractivity contribution >= 4 is 11.7 Å². The summed E-state index contributed by atoms with van der Waals surface area (Å²) in [6.07, 6.45) is 3.63. The van der Waals surface area contributed by atoms with Gasteiger partial charge >= 0.3 is 0 Å². The van der Waals surface area contributed by atoms with Gasteiger partial charge in [0.2, 0.25) is 5.91 Å². The molecule has 1 amide bonds. The van der Waals surface area contributed by atoms with Crippen LogP contribution in [0.1, 0.15) is 66.8 Å². The van der Waals surface area contributed by atoms with Crippen LogP contribution in [-0.4, -0.2) is 39.6 Å². The normalized spacial score (nSPS) is 18.9. The van der Waals surface area contributed by atoms with E-state index in [4.69, 9.17) is 24.7 Å². The molecule has 222 valence electrons. The standard InChI is InChI=1S/C33H32FN3O6/c1-18-24(16-42-37-18)23-11-6-20(14-27(23)43-22-9-10-22)26(38)12-13-33(3,40)28-15-25-30(41-17-32(25,2)31(35)39)29(36-28)19-4-7-21(34)8-5-19/h4-8,11,14-16,22,40H,9-10,12-13,17H2,1-3H3,(H2,35,39)/t32-,33-/m0/s1. The maximum atomic E-state index is 13.7. The van der Waals surface area contributed by atoms with Gasteiger partial charge in [-0.25, -0.2) is 9.37 Å². The molecule has 2 atom stereocenters. The first kappa shape index (κ1) is 28.5. The zero-order valence-electron chi connectivity index (χ0n) is 24.1. The van der Waals surface area contributed by atoms with E-state index in [1.165, 1.54) is 12.1 Å². The second-order valence-corrected chi connectivity index (χ2v) is 11.8. The Hall–Kier alpha value is -4.57. The van der Waals surface area contributed by atoms with Gasteiger partial charge in [0.05, 0.1) is 17.5 Å². The van der Waals surface area contributed by atoms with Gasteiger partial charge in [-0.2, -0.15) is 0 Å². The highest BCUT2D eigenvalue weighted by molar-refractivity contribution is 5.97. The molecule has 3 heterocycles. The summed E-state index contributed by atoms with van der Waals surface area (Å²) in [5.74, 6) is -0.242. The maximum Gasteiger partial charge on any atom is 0.231 e. The van der Waals surface area contributed by atoms with Crippen molar-refractivity contribution in [2.24, 2.45) is 5.73 Å². The molecule has 0 saturated heterocycles. The molecular weight excluding hydrogens is 553 g/mol. The van der Waals surface area contributed by atoms with Crippen molar-refractivity contribution in [3.05, 3.63) is 83.1 Å². The number of ketones is 1. The third-order valence-corrected chi connectivity index (χ3v) is 8.29. The van der Waals surface area contributed by atoms with Crippen molar-refractivity contribution < 1.29 is 33.1 Å². The Labute approximate surface area is 247 Å². The number of nitrogens with zero attached hydrogens (tertiary/aromatic N) is 2. The average Bonchev–Trinajstić information content (AvgIpc) is 3.59. The second kappa shape index (κ2) is 10.6. The molecule has 9 nitrogen and oxygen atoms in total. The number of amides is 1. The Morgan fingerprint density at radius 1 is 1.16 bits per heavy atom. The quantitative estimate of drug-likeness (QED) is 0.236. The Bertz CT molecular complexity index is 1730. The van der Waals surface area contributed by atoms with E-state index in [2.05, 4.69) is 5.16 Å². The largest absolute Gasteiger partial charge is 0.490 e. The Balaban J connectivity index is 1.29. The van der Waals surface area contributed by atoms with Crippen LogP contribution in [-0.2, 0) is 15.8 Å². The molecule has 43 heavy (non-hydrogen) atoms. The Morgan fingerprint density at radius 2 is 1.91 bits per heavy atom. The number of rotatable bonds is 10. The van der Waals surface area contributed by atoms with Gasteiger partial charge in [0, 0.05) is 34.2 Å². The van der Waals surface area contributed by atoms with Crippen LogP contribution in [0.15, 0.2) is 59.3 Å². The minimum atomic E-state index is -1.56. The van der Waals surface area contributed by atoms with Gasteiger partial charge < -0.3 is 24.8 Å². The molecule has 10 heteroatoms. The van der Waals surface area contributed by atoms with Crippen LogP contribution < -0.4 is 15.2 Å². The number of halogens is 1. The van der Waals surface area contributed by atoms with Gasteiger partial charge in [-0.3, -0.25) is 9.59 Å². The second-order valence-electron chi connectivity index (χ2n) is 11.8. The highest BCUT2D eigenvalue weighted by atomic mass is 19.1. The maximum absolute atomic E-state index is 13.7. The Morgan fingerprint density at radius 3 is 2.56 bits per heavy atom. The minimum absolute atomic E-state index is 0.00723. The summed E-state index contributed by atoms with van der Waals surface area (Å²) in [4.78, 5) is 30.6. The summed E-state index contributed by atoms with van der Waals surface area (Å²) in [5.41, 5.74) is 7.43. The molecule has 0 bridgehead atoms. The number of pyridine rings is 1. The van der Waals surface area contributed by atoms with Crippen molar-refractivity contribution in [3.8, 4) is 33.9 Å². The number of aryl methyl sites for hydroxylation is 1. The first-order valence-corrected chi connectivity index (χ1v) is 14.2. The van der Waals surface area contributed by atoms with Crippen molar-refractivity contribution in [2.75, 3.05) is 6.61 Å². The lowest BCUT2D eigenvalue weighted by Crippen LogP contribution is -2.40. The van der Waals surface area contributed by atoms with E-state index < -0.39 is 22.7 Å². The third-order valence-electron chi connectivity index (χ3n) is 8.29. The molecule has 0 unspecified atom stereocenters. The van der Waals surface area contributed by atoms with Crippen LogP contribution in [0.3, 0.4) is 0 Å². The Kier molecular flexibility index (Phi) is 7.04. The lowest BCUT2D eigenvalue weighted by atomic mass is 9.81. The van der Waals surface area contributed by atoms with Gasteiger partial charge in [-0.05, 0) is 82.5 Å². The highest BCUT2D eigenvalue weighted by Crippen LogP contribution is 2.46. The molecule has 2 aromatic heterocycles. The molecule has 6 rings (SSSR count). The lowest BCUT2D eigenvalue weighted by molar-refractivity contribution is -0.123. The summed E-state index contributed by atoms with van der Waals surface area (Å²) in [6, 6.07) is 12.6. The number of aromatic nitrogens is 2. The van der Waals surface area contributed by atoms with Crippen LogP contribution in [0.25, 0.3) is 22.4 Å². The summed E-state index contributed by atoms with van der Waals surface area (Å²) < 4.78 is 30.8. The SMILES string of the molecule is Cc1nocc1-c1ccc(C(=O)CC[C@](C)(O)c2cc3c(c(-c4ccc(F)cc4)n2)OC[C@]3(C)C(N)=O)cc1OC1CC1. The fraction of sp³-hybridized carbons (Fsp3) is 0.333. The minimum Gasteiger partial charge on any atom is -0.490 e. The molecule has 1 aliphatic carbocycles. The predicted molar refractivity (Wildman–Crippen MR) is 155 cm³/mol. The molecule has 2 aliphatic rings. The topological polar surface area (TPSA) is 138 Å². The van der Waals surface area contributed by atoms with E-state index in [0.717, 1.165) is 29.7 Å². The van der Waals surface area contributed by atoms with Gasteiger partial charge in [0.25, 0.3) is 0 Å². The van der Waals surface area contributed by atoms with Crippen LogP contribution in [0.4, 0.5) is 4.39 Å². The number of hydrogen-bond acceptors (Lipinski definition) is 8. The molecule has 0 radical (unpaired) electrons. The average molecular weight is 586 g/mol. The zero-order chi connectivity index (χ0) is 30.5. The molecule has 3 N–H and O–H groups in total.